The number of carbonyl (C=O) groups is 1. The highest BCUT2D eigenvalue weighted by Gasteiger charge is 2.10. The molecule has 2 aromatic carbocycles. The molecule has 8 nitrogen and oxygen atoms in total. The number of aromatic nitrogens is 4. The van der Waals surface area contributed by atoms with E-state index in [0.29, 0.717) is 15.9 Å². The van der Waals surface area contributed by atoms with Gasteiger partial charge in [-0.2, -0.15) is 5.10 Å². The molecule has 134 valence electrons. The number of ether oxygens (including phenoxy) is 1. The van der Waals surface area contributed by atoms with Crippen molar-refractivity contribution < 1.29 is 14.6 Å². The highest BCUT2D eigenvalue weighted by atomic mass is 35.5. The number of hydrogen-bond donors (Lipinski definition) is 2. The first-order valence-corrected chi connectivity index (χ1v) is 8.13. The smallest absolute Gasteiger partial charge is 0.449 e. The highest BCUT2D eigenvalue weighted by Crippen LogP contribution is 2.25. The van der Waals surface area contributed by atoms with Gasteiger partial charge in [0.25, 0.3) is 5.56 Å². The summed E-state index contributed by atoms with van der Waals surface area (Å²) in [5.41, 5.74) is 1.84. The fourth-order valence-electron chi connectivity index (χ4n) is 2.66. The lowest BCUT2D eigenvalue weighted by molar-refractivity contribution is 0.144. The number of H-pyrrole nitrogens is 1. The normalized spacial score (nSPS) is 10.9. The Morgan fingerprint density at radius 3 is 2.78 bits per heavy atom. The molecule has 0 fully saturated rings. The zero-order valence-electron chi connectivity index (χ0n) is 13.6. The maximum atomic E-state index is 12.5. The number of benzene rings is 2. The number of fused-ring (bicyclic) bond motifs is 1. The molecule has 4 aromatic rings. The molecule has 0 atom stereocenters. The molecule has 0 amide bonds. The van der Waals surface area contributed by atoms with E-state index >= 15 is 0 Å². The van der Waals surface area contributed by atoms with E-state index in [1.165, 1.54) is 17.1 Å². The molecule has 0 aliphatic carbocycles. The van der Waals surface area contributed by atoms with E-state index in [1.807, 2.05) is 24.3 Å². The Morgan fingerprint density at radius 2 is 2.00 bits per heavy atom. The average molecular weight is 383 g/mol. The van der Waals surface area contributed by atoms with Gasteiger partial charge in [-0.3, -0.25) is 9.78 Å². The van der Waals surface area contributed by atoms with Crippen molar-refractivity contribution in [1.29, 1.82) is 0 Å². The van der Waals surface area contributed by atoms with Crippen molar-refractivity contribution in [2.45, 2.75) is 0 Å². The van der Waals surface area contributed by atoms with Gasteiger partial charge in [-0.1, -0.05) is 29.8 Å². The summed E-state index contributed by atoms with van der Waals surface area (Å²) < 4.78 is 5.74. The molecule has 0 bridgehead atoms. The fourth-order valence-corrected chi connectivity index (χ4v) is 2.85. The van der Waals surface area contributed by atoms with Gasteiger partial charge in [0, 0.05) is 5.02 Å². The van der Waals surface area contributed by atoms with Crippen LogP contribution in [0.4, 0.5) is 4.79 Å². The average Bonchev–Trinajstić information content (AvgIpc) is 3.09. The highest BCUT2D eigenvalue weighted by molar-refractivity contribution is 6.30. The standard InChI is InChI=1S/C18H11ClN4O4/c19-12-3-1-2-10(6-12)11-4-5-15-14(7-11)16(24)22-17(21-15)23-9-13(8-20-23)27-18(25)26/h1-9H,(H,25,26)(H,21,22,24). The Labute approximate surface area is 156 Å². The van der Waals surface area contributed by atoms with Gasteiger partial charge in [0.1, 0.15) is 0 Å². The first-order valence-electron chi connectivity index (χ1n) is 7.75. The maximum Gasteiger partial charge on any atom is 0.511 e. The third-order valence-corrected chi connectivity index (χ3v) is 4.07. The molecule has 2 heterocycles. The number of nitrogens with one attached hydrogen (secondary N) is 1. The zero-order chi connectivity index (χ0) is 19.0. The van der Waals surface area contributed by atoms with E-state index in [1.54, 1.807) is 18.2 Å². The predicted molar refractivity (Wildman–Crippen MR) is 98.6 cm³/mol. The number of halogens is 1. The van der Waals surface area contributed by atoms with Crippen LogP contribution in [0.5, 0.6) is 5.75 Å². The first-order chi connectivity index (χ1) is 13.0. The van der Waals surface area contributed by atoms with Crippen LogP contribution in [-0.2, 0) is 0 Å². The van der Waals surface area contributed by atoms with Gasteiger partial charge < -0.3 is 9.84 Å². The van der Waals surface area contributed by atoms with Crippen molar-refractivity contribution in [3.05, 3.63) is 70.2 Å². The predicted octanol–water partition coefficient (Wildman–Crippen LogP) is 3.49. The molecule has 0 saturated carbocycles. The third-order valence-electron chi connectivity index (χ3n) is 3.83. The van der Waals surface area contributed by atoms with Gasteiger partial charge in [-0.15, -0.1) is 0 Å². The van der Waals surface area contributed by atoms with Crippen LogP contribution in [-0.4, -0.2) is 31.0 Å². The molecule has 0 unspecified atom stereocenters. The molecule has 9 heteroatoms. The summed E-state index contributed by atoms with van der Waals surface area (Å²) in [6.45, 7) is 0. The minimum absolute atomic E-state index is 0.0153. The molecule has 0 spiro atoms. The molecule has 2 aromatic heterocycles. The second-order valence-electron chi connectivity index (χ2n) is 5.62. The van der Waals surface area contributed by atoms with E-state index in [9.17, 15) is 9.59 Å². The minimum Gasteiger partial charge on any atom is -0.449 e. The van der Waals surface area contributed by atoms with Crippen LogP contribution in [0.2, 0.25) is 5.02 Å². The molecular weight excluding hydrogens is 372 g/mol. The number of hydrogen-bond acceptors (Lipinski definition) is 5. The Hall–Kier alpha value is -3.65. The summed E-state index contributed by atoms with van der Waals surface area (Å²) in [6.07, 6.45) is 1.06. The van der Waals surface area contributed by atoms with Crippen LogP contribution >= 0.6 is 11.6 Å². The Morgan fingerprint density at radius 1 is 1.19 bits per heavy atom. The monoisotopic (exact) mass is 382 g/mol. The van der Waals surface area contributed by atoms with E-state index in [2.05, 4.69) is 19.8 Å². The molecule has 0 radical (unpaired) electrons. The van der Waals surface area contributed by atoms with Crippen LogP contribution in [0.1, 0.15) is 0 Å². The van der Waals surface area contributed by atoms with Crippen LogP contribution in [0.3, 0.4) is 0 Å². The fraction of sp³-hybridized carbons (Fsp3) is 0. The molecule has 2 N–H and O–H groups in total. The zero-order valence-corrected chi connectivity index (χ0v) is 14.3. The van der Waals surface area contributed by atoms with Gasteiger partial charge >= 0.3 is 6.16 Å². The lowest BCUT2D eigenvalue weighted by atomic mass is 10.0. The van der Waals surface area contributed by atoms with E-state index in [4.69, 9.17) is 16.7 Å². The second kappa shape index (κ2) is 6.58. The lowest BCUT2D eigenvalue weighted by Crippen LogP contribution is -2.13. The molecule has 27 heavy (non-hydrogen) atoms. The molecule has 4 rings (SSSR count). The molecular formula is C18H11ClN4O4. The summed E-state index contributed by atoms with van der Waals surface area (Å²) in [6, 6.07) is 12.6. The summed E-state index contributed by atoms with van der Waals surface area (Å²) in [4.78, 5) is 30.1. The Balaban J connectivity index is 1.76. The van der Waals surface area contributed by atoms with E-state index < -0.39 is 6.16 Å². The Bertz CT molecular complexity index is 1230. The number of carboxylic acid groups (broad SMARTS) is 1. The lowest BCUT2D eigenvalue weighted by Gasteiger charge is -2.06. The van der Waals surface area contributed by atoms with Crippen molar-refractivity contribution in [2.24, 2.45) is 0 Å². The van der Waals surface area contributed by atoms with Crippen molar-refractivity contribution in [3.63, 3.8) is 0 Å². The van der Waals surface area contributed by atoms with Crippen LogP contribution < -0.4 is 10.3 Å². The van der Waals surface area contributed by atoms with Crippen LogP contribution in [0.15, 0.2) is 59.7 Å². The van der Waals surface area contributed by atoms with Gasteiger partial charge in [0.05, 0.1) is 23.3 Å². The Kier molecular flexibility index (Phi) is 4.09. The quantitative estimate of drug-likeness (QED) is 0.525. The first kappa shape index (κ1) is 16.8. The molecule has 0 saturated heterocycles. The number of aromatic amines is 1. The second-order valence-corrected chi connectivity index (χ2v) is 6.06. The minimum atomic E-state index is -1.46. The summed E-state index contributed by atoms with van der Waals surface area (Å²) in [5, 5.41) is 13.6. The van der Waals surface area contributed by atoms with E-state index in [-0.39, 0.29) is 17.3 Å². The maximum absolute atomic E-state index is 12.5. The third kappa shape index (κ3) is 3.38. The van der Waals surface area contributed by atoms with Crippen molar-refractivity contribution in [3.8, 4) is 22.8 Å². The molecule has 0 aliphatic rings. The van der Waals surface area contributed by atoms with Crippen LogP contribution in [0, 0.1) is 0 Å². The van der Waals surface area contributed by atoms with Crippen LogP contribution in [0.25, 0.3) is 28.0 Å². The molecule has 0 aliphatic heterocycles. The summed E-state index contributed by atoms with van der Waals surface area (Å²) in [5.74, 6) is 0.157. The van der Waals surface area contributed by atoms with Crippen molar-refractivity contribution in [1.82, 2.24) is 19.7 Å². The summed E-state index contributed by atoms with van der Waals surface area (Å²) in [7, 11) is 0. The van der Waals surface area contributed by atoms with Gasteiger partial charge in [-0.25, -0.2) is 14.5 Å². The van der Waals surface area contributed by atoms with Gasteiger partial charge in [-0.05, 0) is 35.4 Å². The summed E-state index contributed by atoms with van der Waals surface area (Å²) >= 11 is 6.03. The van der Waals surface area contributed by atoms with Gasteiger partial charge in [0.15, 0.2) is 5.75 Å². The van der Waals surface area contributed by atoms with Crippen molar-refractivity contribution >= 4 is 28.7 Å². The SMILES string of the molecule is O=C(O)Oc1cnn(-c2nc3ccc(-c4cccc(Cl)c4)cc3c(=O)[nH]2)c1. The number of rotatable bonds is 3. The van der Waals surface area contributed by atoms with Gasteiger partial charge in [0.2, 0.25) is 5.95 Å². The largest absolute Gasteiger partial charge is 0.511 e. The van der Waals surface area contributed by atoms with Crippen molar-refractivity contribution in [2.75, 3.05) is 0 Å². The number of nitrogens with zero attached hydrogens (tertiary/aromatic N) is 3. The topological polar surface area (TPSA) is 110 Å². The van der Waals surface area contributed by atoms with E-state index in [0.717, 1.165) is 11.1 Å².